The van der Waals surface area contributed by atoms with Gasteiger partial charge in [-0.05, 0) is 29.3 Å². The maximum atomic E-state index is 13.1. The third kappa shape index (κ3) is 6.27. The number of hydrogen-bond donors (Lipinski definition) is 2. The SMILES string of the molecule is NC(=O)COc1cc(C(O)C(CC(F)(F)F)c2ccc(Cl)cc2Cl)ccn1. The van der Waals surface area contributed by atoms with Crippen LogP contribution in [-0.4, -0.2) is 28.8 Å². The number of carbonyl (C=O) groups excluding carboxylic acids is 1. The van der Waals surface area contributed by atoms with Gasteiger partial charge in [-0.3, -0.25) is 4.79 Å². The number of amides is 1. The molecule has 2 aromatic rings. The monoisotopic (exact) mass is 422 g/mol. The van der Waals surface area contributed by atoms with Gasteiger partial charge in [-0.1, -0.05) is 29.3 Å². The standard InChI is InChI=1S/C17H15Cl2F3N2O3/c18-10-1-2-11(13(19)6-10)12(7-17(20,21)22)16(26)9-3-4-24-15(5-9)27-8-14(23)25/h1-6,12,16,26H,7-8H2,(H2,23,25). The number of carbonyl (C=O) groups is 1. The van der Waals surface area contributed by atoms with Crippen LogP contribution in [0.5, 0.6) is 5.88 Å². The predicted molar refractivity (Wildman–Crippen MR) is 93.8 cm³/mol. The molecule has 3 N–H and O–H groups in total. The number of benzene rings is 1. The number of ether oxygens (including phenoxy) is 1. The first-order valence-electron chi connectivity index (χ1n) is 7.63. The molecule has 2 rings (SSSR count). The average molecular weight is 423 g/mol. The molecule has 27 heavy (non-hydrogen) atoms. The molecule has 10 heteroatoms. The Kier molecular flexibility index (Phi) is 6.91. The van der Waals surface area contributed by atoms with Crippen LogP contribution in [0.2, 0.25) is 10.0 Å². The molecule has 0 bridgehead atoms. The molecule has 0 saturated carbocycles. The van der Waals surface area contributed by atoms with Crippen LogP contribution in [0.4, 0.5) is 13.2 Å². The van der Waals surface area contributed by atoms with Gasteiger partial charge in [0, 0.05) is 28.2 Å². The number of aromatic nitrogens is 1. The summed E-state index contributed by atoms with van der Waals surface area (Å²) in [4.78, 5) is 14.6. The van der Waals surface area contributed by atoms with Gasteiger partial charge in [0.15, 0.2) is 6.61 Å². The highest BCUT2D eigenvalue weighted by molar-refractivity contribution is 6.35. The van der Waals surface area contributed by atoms with Crippen molar-refractivity contribution in [1.82, 2.24) is 4.98 Å². The fourth-order valence-electron chi connectivity index (χ4n) is 2.51. The predicted octanol–water partition coefficient (Wildman–Crippen LogP) is 4.02. The summed E-state index contributed by atoms with van der Waals surface area (Å²) in [6, 6.07) is 6.63. The fourth-order valence-corrected chi connectivity index (χ4v) is 3.06. The van der Waals surface area contributed by atoms with Crippen molar-refractivity contribution in [2.24, 2.45) is 5.73 Å². The highest BCUT2D eigenvalue weighted by Crippen LogP contribution is 2.43. The van der Waals surface area contributed by atoms with Crippen LogP contribution < -0.4 is 10.5 Å². The van der Waals surface area contributed by atoms with E-state index >= 15 is 0 Å². The summed E-state index contributed by atoms with van der Waals surface area (Å²) < 4.78 is 44.3. The molecule has 0 fully saturated rings. The second-order valence-corrected chi connectivity index (χ2v) is 6.56. The van der Waals surface area contributed by atoms with Crippen molar-refractivity contribution in [2.45, 2.75) is 24.6 Å². The zero-order chi connectivity index (χ0) is 20.2. The van der Waals surface area contributed by atoms with Crippen molar-refractivity contribution < 1.29 is 27.8 Å². The second kappa shape index (κ2) is 8.77. The Morgan fingerprint density at radius 3 is 2.56 bits per heavy atom. The van der Waals surface area contributed by atoms with Crippen LogP contribution in [0.1, 0.15) is 29.6 Å². The number of nitrogens with two attached hydrogens (primary N) is 1. The first-order valence-corrected chi connectivity index (χ1v) is 8.39. The van der Waals surface area contributed by atoms with Gasteiger partial charge < -0.3 is 15.6 Å². The third-order valence-corrected chi connectivity index (χ3v) is 4.22. The number of alkyl halides is 3. The quantitative estimate of drug-likeness (QED) is 0.705. The molecule has 1 aromatic carbocycles. The minimum Gasteiger partial charge on any atom is -0.468 e. The topological polar surface area (TPSA) is 85.4 Å². The number of hydrogen-bond acceptors (Lipinski definition) is 4. The maximum absolute atomic E-state index is 13.1. The van der Waals surface area contributed by atoms with Gasteiger partial charge in [0.2, 0.25) is 5.88 Å². The lowest BCUT2D eigenvalue weighted by Crippen LogP contribution is -2.21. The molecule has 1 aromatic heterocycles. The number of aliphatic hydroxyl groups excluding tert-OH is 1. The first kappa shape index (κ1) is 21.3. The van der Waals surface area contributed by atoms with Crippen LogP contribution in [0.25, 0.3) is 0 Å². The largest absolute Gasteiger partial charge is 0.468 e. The number of halogens is 5. The zero-order valence-electron chi connectivity index (χ0n) is 13.7. The van der Waals surface area contributed by atoms with E-state index in [-0.39, 0.29) is 27.1 Å². The summed E-state index contributed by atoms with van der Waals surface area (Å²) in [7, 11) is 0. The summed E-state index contributed by atoms with van der Waals surface area (Å²) in [6.07, 6.45) is -6.19. The van der Waals surface area contributed by atoms with E-state index in [1.807, 2.05) is 0 Å². The van der Waals surface area contributed by atoms with Crippen LogP contribution in [0, 0.1) is 0 Å². The van der Waals surface area contributed by atoms with Crippen LogP contribution in [-0.2, 0) is 4.79 Å². The van der Waals surface area contributed by atoms with Crippen molar-refractivity contribution in [3.05, 3.63) is 57.7 Å². The van der Waals surface area contributed by atoms with Gasteiger partial charge in [-0.15, -0.1) is 0 Å². The Hall–Kier alpha value is -2.03. The molecule has 5 nitrogen and oxygen atoms in total. The molecule has 0 spiro atoms. The van der Waals surface area contributed by atoms with Gasteiger partial charge in [-0.2, -0.15) is 13.2 Å². The second-order valence-electron chi connectivity index (χ2n) is 5.72. The molecule has 0 aliphatic rings. The van der Waals surface area contributed by atoms with Crippen LogP contribution >= 0.6 is 23.2 Å². The Labute approximate surface area is 162 Å². The van der Waals surface area contributed by atoms with Crippen molar-refractivity contribution in [3.8, 4) is 5.88 Å². The van der Waals surface area contributed by atoms with E-state index in [0.717, 1.165) is 0 Å². The fraction of sp³-hybridized carbons (Fsp3) is 0.294. The molecule has 146 valence electrons. The smallest absolute Gasteiger partial charge is 0.389 e. The molecule has 0 aliphatic carbocycles. The number of primary amides is 1. The van der Waals surface area contributed by atoms with Crippen molar-refractivity contribution >= 4 is 29.1 Å². The number of rotatable bonds is 7. The Bertz CT molecular complexity index is 818. The molecular weight excluding hydrogens is 408 g/mol. The molecule has 1 amide bonds. The van der Waals surface area contributed by atoms with Gasteiger partial charge >= 0.3 is 6.18 Å². The molecule has 2 atom stereocenters. The number of nitrogens with zero attached hydrogens (tertiary/aromatic N) is 1. The lowest BCUT2D eigenvalue weighted by atomic mass is 9.86. The highest BCUT2D eigenvalue weighted by atomic mass is 35.5. The Morgan fingerprint density at radius 2 is 1.96 bits per heavy atom. The van der Waals surface area contributed by atoms with E-state index in [9.17, 15) is 23.1 Å². The summed E-state index contributed by atoms with van der Waals surface area (Å²) in [5.74, 6) is -2.19. The minimum atomic E-state index is -4.55. The first-order chi connectivity index (χ1) is 12.6. The molecule has 0 aliphatic heterocycles. The van der Waals surface area contributed by atoms with E-state index in [4.69, 9.17) is 33.7 Å². The lowest BCUT2D eigenvalue weighted by Gasteiger charge is -2.26. The molecule has 2 unspecified atom stereocenters. The average Bonchev–Trinajstić information content (AvgIpc) is 2.57. The Balaban J connectivity index is 2.37. The summed E-state index contributed by atoms with van der Waals surface area (Å²) >= 11 is 11.8. The summed E-state index contributed by atoms with van der Waals surface area (Å²) in [6.45, 7) is -0.457. The lowest BCUT2D eigenvalue weighted by molar-refractivity contribution is -0.145. The van der Waals surface area contributed by atoms with Crippen molar-refractivity contribution in [2.75, 3.05) is 6.61 Å². The van der Waals surface area contributed by atoms with Gasteiger partial charge in [0.1, 0.15) is 0 Å². The van der Waals surface area contributed by atoms with E-state index in [1.54, 1.807) is 0 Å². The van der Waals surface area contributed by atoms with Gasteiger partial charge in [0.25, 0.3) is 5.91 Å². The summed E-state index contributed by atoms with van der Waals surface area (Å²) in [5, 5.41) is 10.9. The molecular formula is C17H15Cl2F3N2O3. The van der Waals surface area contributed by atoms with Crippen molar-refractivity contribution in [3.63, 3.8) is 0 Å². The normalized spacial score (nSPS) is 13.9. The highest BCUT2D eigenvalue weighted by Gasteiger charge is 2.37. The third-order valence-electron chi connectivity index (χ3n) is 3.66. The van der Waals surface area contributed by atoms with E-state index in [1.165, 1.54) is 36.5 Å². The van der Waals surface area contributed by atoms with Crippen LogP contribution in [0.3, 0.4) is 0 Å². The number of pyridine rings is 1. The molecule has 0 radical (unpaired) electrons. The van der Waals surface area contributed by atoms with E-state index < -0.39 is 37.1 Å². The minimum absolute atomic E-state index is 0.00931. The van der Waals surface area contributed by atoms with Gasteiger partial charge in [0.05, 0.1) is 12.5 Å². The molecule has 1 heterocycles. The zero-order valence-corrected chi connectivity index (χ0v) is 15.2. The maximum Gasteiger partial charge on any atom is 0.389 e. The Morgan fingerprint density at radius 1 is 1.26 bits per heavy atom. The molecule has 0 saturated heterocycles. The van der Waals surface area contributed by atoms with Crippen LogP contribution in [0.15, 0.2) is 36.5 Å². The summed E-state index contributed by atoms with van der Waals surface area (Å²) in [5.41, 5.74) is 5.18. The van der Waals surface area contributed by atoms with E-state index in [0.29, 0.717) is 0 Å². The number of aliphatic hydroxyl groups is 1. The van der Waals surface area contributed by atoms with E-state index in [2.05, 4.69) is 4.98 Å². The van der Waals surface area contributed by atoms with Gasteiger partial charge in [-0.25, -0.2) is 4.98 Å². The van der Waals surface area contributed by atoms with Crippen molar-refractivity contribution in [1.29, 1.82) is 0 Å².